The molecule has 0 aliphatic carbocycles. The molecule has 1 unspecified atom stereocenters. The van der Waals surface area contributed by atoms with Crippen LogP contribution < -0.4 is 5.32 Å². The molecule has 1 fully saturated rings. The average molecular weight is 254 g/mol. The molecule has 88 valence electrons. The second-order valence-corrected chi connectivity index (χ2v) is 6.45. The van der Waals surface area contributed by atoms with E-state index >= 15 is 0 Å². The van der Waals surface area contributed by atoms with Crippen molar-refractivity contribution in [1.82, 2.24) is 5.32 Å². The van der Waals surface area contributed by atoms with Crippen molar-refractivity contribution in [3.8, 4) is 0 Å². The van der Waals surface area contributed by atoms with Crippen molar-refractivity contribution in [2.24, 2.45) is 4.99 Å². The van der Waals surface area contributed by atoms with Crippen LogP contribution in [0.25, 0.3) is 0 Å². The smallest absolute Gasteiger partial charge is 0.157 e. The molecule has 1 aliphatic heterocycles. The number of hydrogen-bond donors (Lipinski definition) is 1. The minimum absolute atomic E-state index is 0.250. The van der Waals surface area contributed by atoms with Gasteiger partial charge in [0, 0.05) is 16.2 Å². The topological polar surface area (TPSA) is 24.4 Å². The van der Waals surface area contributed by atoms with E-state index in [1.807, 2.05) is 11.8 Å². The number of amidine groups is 1. The van der Waals surface area contributed by atoms with Crippen molar-refractivity contribution < 1.29 is 0 Å². The van der Waals surface area contributed by atoms with Crippen LogP contribution in [-0.2, 0) is 6.54 Å². The predicted octanol–water partition coefficient (Wildman–Crippen LogP) is 3.50. The Balaban J connectivity index is 1.96. The molecule has 0 amide bonds. The SMILES string of the molecule is CCC1(C)CCSC(=NCc2cccs2)N1. The maximum absolute atomic E-state index is 4.65. The fraction of sp³-hybridized carbons (Fsp3) is 0.583. The molecule has 1 aliphatic rings. The number of thioether (sulfide) groups is 1. The third kappa shape index (κ3) is 3.01. The van der Waals surface area contributed by atoms with Crippen LogP contribution in [0.15, 0.2) is 22.5 Å². The van der Waals surface area contributed by atoms with Gasteiger partial charge >= 0.3 is 0 Å². The first kappa shape index (κ1) is 12.0. The molecule has 2 rings (SSSR count). The molecule has 0 saturated carbocycles. The summed E-state index contributed by atoms with van der Waals surface area (Å²) in [6, 6.07) is 4.22. The number of rotatable bonds is 3. The Bertz CT molecular complexity index is 359. The first-order chi connectivity index (χ1) is 7.72. The molecule has 16 heavy (non-hydrogen) atoms. The standard InChI is InChI=1S/C12H18N2S2/c1-3-12(2)6-8-16-11(14-12)13-9-10-5-4-7-15-10/h4-5,7H,3,6,8-9H2,1-2H3,(H,13,14). The van der Waals surface area contributed by atoms with E-state index in [2.05, 4.69) is 41.7 Å². The predicted molar refractivity (Wildman–Crippen MR) is 74.4 cm³/mol. The summed E-state index contributed by atoms with van der Waals surface area (Å²) < 4.78 is 0. The lowest BCUT2D eigenvalue weighted by molar-refractivity contribution is 0.390. The zero-order chi connectivity index (χ0) is 11.4. The molecule has 1 aromatic heterocycles. The van der Waals surface area contributed by atoms with Gasteiger partial charge < -0.3 is 5.32 Å². The van der Waals surface area contributed by atoms with Crippen molar-refractivity contribution in [2.75, 3.05) is 5.75 Å². The zero-order valence-corrected chi connectivity index (χ0v) is 11.5. The lowest BCUT2D eigenvalue weighted by Crippen LogP contribution is -2.48. The number of aliphatic imine (C=N–C) groups is 1. The van der Waals surface area contributed by atoms with Crippen LogP contribution >= 0.6 is 23.1 Å². The van der Waals surface area contributed by atoms with Gasteiger partial charge in [0.05, 0.1) is 6.54 Å². The van der Waals surface area contributed by atoms with Crippen LogP contribution in [0.4, 0.5) is 0 Å². The summed E-state index contributed by atoms with van der Waals surface area (Å²) in [4.78, 5) is 5.98. The Labute approximate surface area is 106 Å². The lowest BCUT2D eigenvalue weighted by atomic mass is 9.96. The van der Waals surface area contributed by atoms with Gasteiger partial charge in [-0.2, -0.15) is 0 Å². The van der Waals surface area contributed by atoms with E-state index in [-0.39, 0.29) is 5.54 Å². The highest BCUT2D eigenvalue weighted by Crippen LogP contribution is 2.25. The summed E-state index contributed by atoms with van der Waals surface area (Å²) in [5.41, 5.74) is 0.250. The number of nitrogens with zero attached hydrogens (tertiary/aromatic N) is 1. The van der Waals surface area contributed by atoms with Gasteiger partial charge in [-0.3, -0.25) is 4.99 Å². The maximum Gasteiger partial charge on any atom is 0.157 e. The Morgan fingerprint density at radius 2 is 2.44 bits per heavy atom. The molecule has 2 nitrogen and oxygen atoms in total. The fourth-order valence-corrected chi connectivity index (χ4v) is 3.48. The van der Waals surface area contributed by atoms with Crippen molar-refractivity contribution >= 4 is 28.3 Å². The quantitative estimate of drug-likeness (QED) is 0.893. The molecule has 0 radical (unpaired) electrons. The third-order valence-corrected chi connectivity index (χ3v) is 4.81. The highest BCUT2D eigenvalue weighted by Gasteiger charge is 2.27. The van der Waals surface area contributed by atoms with Gasteiger partial charge in [0.1, 0.15) is 0 Å². The summed E-state index contributed by atoms with van der Waals surface area (Å²) >= 11 is 3.62. The van der Waals surface area contributed by atoms with E-state index in [9.17, 15) is 0 Å². The highest BCUT2D eigenvalue weighted by atomic mass is 32.2. The largest absolute Gasteiger partial charge is 0.360 e. The average Bonchev–Trinajstić information content (AvgIpc) is 2.80. The molecule has 1 aromatic rings. The Morgan fingerprint density at radius 3 is 3.12 bits per heavy atom. The van der Waals surface area contributed by atoms with Gasteiger partial charge in [0.2, 0.25) is 0 Å². The Morgan fingerprint density at radius 1 is 1.56 bits per heavy atom. The normalized spacial score (nSPS) is 28.0. The van der Waals surface area contributed by atoms with E-state index in [4.69, 9.17) is 0 Å². The number of hydrogen-bond acceptors (Lipinski definition) is 3. The van der Waals surface area contributed by atoms with Gasteiger partial charge in [0.15, 0.2) is 5.17 Å². The van der Waals surface area contributed by atoms with E-state index in [1.165, 1.54) is 17.1 Å². The second-order valence-electron chi connectivity index (χ2n) is 4.34. The molecular weight excluding hydrogens is 236 g/mol. The summed E-state index contributed by atoms with van der Waals surface area (Å²) in [7, 11) is 0. The minimum atomic E-state index is 0.250. The van der Waals surface area contributed by atoms with Gasteiger partial charge in [-0.05, 0) is 31.2 Å². The summed E-state index contributed by atoms with van der Waals surface area (Å²) in [5, 5.41) is 6.78. The van der Waals surface area contributed by atoms with Gasteiger partial charge in [0.25, 0.3) is 0 Å². The van der Waals surface area contributed by atoms with Crippen LogP contribution in [0.3, 0.4) is 0 Å². The van der Waals surface area contributed by atoms with E-state index in [0.717, 1.165) is 18.1 Å². The number of nitrogens with one attached hydrogen (secondary N) is 1. The second kappa shape index (κ2) is 5.23. The van der Waals surface area contributed by atoms with Crippen molar-refractivity contribution in [3.05, 3.63) is 22.4 Å². The summed E-state index contributed by atoms with van der Waals surface area (Å²) in [5.74, 6) is 1.18. The molecule has 1 saturated heterocycles. The van der Waals surface area contributed by atoms with Crippen LogP contribution in [0, 0.1) is 0 Å². The molecular formula is C12H18N2S2. The first-order valence-electron chi connectivity index (χ1n) is 5.70. The lowest BCUT2D eigenvalue weighted by Gasteiger charge is -2.35. The summed E-state index contributed by atoms with van der Waals surface area (Å²) in [6.45, 7) is 5.33. The van der Waals surface area contributed by atoms with Crippen molar-refractivity contribution in [1.29, 1.82) is 0 Å². The highest BCUT2D eigenvalue weighted by molar-refractivity contribution is 8.13. The molecule has 1 atom stereocenters. The van der Waals surface area contributed by atoms with Crippen LogP contribution in [-0.4, -0.2) is 16.5 Å². The van der Waals surface area contributed by atoms with Crippen LogP contribution in [0.1, 0.15) is 31.6 Å². The van der Waals surface area contributed by atoms with Gasteiger partial charge in [-0.1, -0.05) is 24.8 Å². The molecule has 4 heteroatoms. The summed E-state index contributed by atoms with van der Waals surface area (Å²) in [6.07, 6.45) is 2.39. The molecule has 0 spiro atoms. The Kier molecular flexibility index (Phi) is 3.92. The van der Waals surface area contributed by atoms with Crippen molar-refractivity contribution in [2.45, 2.75) is 38.8 Å². The molecule has 0 bridgehead atoms. The van der Waals surface area contributed by atoms with Crippen LogP contribution in [0.2, 0.25) is 0 Å². The van der Waals surface area contributed by atoms with E-state index in [1.54, 1.807) is 11.3 Å². The third-order valence-electron chi connectivity index (χ3n) is 3.04. The molecule has 0 aromatic carbocycles. The fourth-order valence-electron chi connectivity index (χ4n) is 1.63. The van der Waals surface area contributed by atoms with Gasteiger partial charge in [-0.25, -0.2) is 0 Å². The minimum Gasteiger partial charge on any atom is -0.360 e. The Hall–Kier alpha value is -0.480. The van der Waals surface area contributed by atoms with Gasteiger partial charge in [-0.15, -0.1) is 11.3 Å². The molecule has 2 heterocycles. The maximum atomic E-state index is 4.65. The van der Waals surface area contributed by atoms with E-state index < -0.39 is 0 Å². The first-order valence-corrected chi connectivity index (χ1v) is 7.56. The molecule has 1 N–H and O–H groups in total. The van der Waals surface area contributed by atoms with Crippen molar-refractivity contribution in [3.63, 3.8) is 0 Å². The number of thiophene rings is 1. The monoisotopic (exact) mass is 254 g/mol. The zero-order valence-electron chi connectivity index (χ0n) is 9.82. The van der Waals surface area contributed by atoms with Crippen LogP contribution in [0.5, 0.6) is 0 Å². The van der Waals surface area contributed by atoms with E-state index in [0.29, 0.717) is 0 Å².